The summed E-state index contributed by atoms with van der Waals surface area (Å²) in [7, 11) is 1.64. The summed E-state index contributed by atoms with van der Waals surface area (Å²) in [6.07, 6.45) is 4.05. The molecule has 0 unspecified atom stereocenters. The van der Waals surface area contributed by atoms with Crippen molar-refractivity contribution in [2.75, 3.05) is 5.73 Å². The molecule has 0 spiro atoms. The molecule has 0 atom stereocenters. The zero-order valence-corrected chi connectivity index (χ0v) is 9.79. The van der Waals surface area contributed by atoms with Crippen molar-refractivity contribution in [2.24, 2.45) is 7.05 Å². The molecule has 0 aliphatic heterocycles. The van der Waals surface area contributed by atoms with Crippen molar-refractivity contribution in [1.82, 2.24) is 24.5 Å². The van der Waals surface area contributed by atoms with Gasteiger partial charge in [0.2, 0.25) is 0 Å². The number of aryl methyl sites for hydroxylation is 2. The van der Waals surface area contributed by atoms with E-state index in [9.17, 15) is 4.79 Å². The quantitative estimate of drug-likeness (QED) is 0.777. The summed E-state index contributed by atoms with van der Waals surface area (Å²) >= 11 is 0. The van der Waals surface area contributed by atoms with Crippen LogP contribution in [0.25, 0.3) is 0 Å². The van der Waals surface area contributed by atoms with Crippen molar-refractivity contribution in [3.8, 4) is 0 Å². The summed E-state index contributed by atoms with van der Waals surface area (Å²) < 4.78 is 3.14. The molecule has 2 rings (SSSR count). The van der Waals surface area contributed by atoms with Crippen LogP contribution in [0, 0.1) is 0 Å². The predicted octanol–water partition coefficient (Wildman–Crippen LogP) is -0.435. The van der Waals surface area contributed by atoms with Gasteiger partial charge in [0.1, 0.15) is 5.82 Å². The van der Waals surface area contributed by atoms with Gasteiger partial charge in [-0.3, -0.25) is 4.68 Å². The maximum absolute atomic E-state index is 11.2. The smallest absolute Gasteiger partial charge is 0.349 e. The molecule has 0 saturated carbocycles. The van der Waals surface area contributed by atoms with E-state index in [2.05, 4.69) is 15.3 Å². The number of nitrogens with two attached hydrogens (primary N) is 1. The Balaban J connectivity index is 2.29. The largest absolute Gasteiger partial charge is 0.383 e. The first-order valence-corrected chi connectivity index (χ1v) is 5.31. The first kappa shape index (κ1) is 11.3. The van der Waals surface area contributed by atoms with Crippen LogP contribution in [0.4, 0.5) is 5.82 Å². The Labute approximate surface area is 97.9 Å². The van der Waals surface area contributed by atoms with Gasteiger partial charge in [-0.2, -0.15) is 4.98 Å². The van der Waals surface area contributed by atoms with E-state index in [1.165, 1.54) is 4.57 Å². The lowest BCUT2D eigenvalue weighted by molar-refractivity contribution is 0.626. The number of aromatic nitrogens is 5. The average Bonchev–Trinajstić information content (AvgIpc) is 2.73. The summed E-state index contributed by atoms with van der Waals surface area (Å²) in [5.41, 5.74) is 6.92. The normalized spacial score (nSPS) is 10.7. The zero-order chi connectivity index (χ0) is 12.4. The monoisotopic (exact) mass is 234 g/mol. The van der Waals surface area contributed by atoms with Crippen LogP contribution in [-0.2, 0) is 20.0 Å². The van der Waals surface area contributed by atoms with Gasteiger partial charge in [0, 0.05) is 38.0 Å². The molecule has 0 amide bonds. The molecule has 0 aliphatic carbocycles. The Morgan fingerprint density at radius 3 is 2.82 bits per heavy atom. The highest BCUT2D eigenvalue weighted by molar-refractivity contribution is 5.38. The third-order valence-corrected chi connectivity index (χ3v) is 2.48. The van der Waals surface area contributed by atoms with Gasteiger partial charge in [-0.25, -0.2) is 4.79 Å². The molecule has 0 aromatic carbocycles. The summed E-state index contributed by atoms with van der Waals surface area (Å²) in [6.45, 7) is 2.76. The number of nitrogens with zero attached hydrogens (tertiary/aromatic N) is 5. The van der Waals surface area contributed by atoms with Gasteiger partial charge in [-0.1, -0.05) is 5.21 Å². The molecule has 2 N–H and O–H groups in total. The lowest BCUT2D eigenvalue weighted by atomic mass is 10.2. The van der Waals surface area contributed by atoms with Crippen LogP contribution in [-0.4, -0.2) is 24.5 Å². The van der Waals surface area contributed by atoms with E-state index in [1.54, 1.807) is 17.9 Å². The minimum Gasteiger partial charge on any atom is -0.383 e. The molecule has 0 fully saturated rings. The Hall–Kier alpha value is -2.18. The first-order valence-electron chi connectivity index (χ1n) is 5.31. The molecule has 7 heteroatoms. The number of hydrogen-bond acceptors (Lipinski definition) is 5. The van der Waals surface area contributed by atoms with E-state index >= 15 is 0 Å². The molecule has 2 heterocycles. The highest BCUT2D eigenvalue weighted by Gasteiger charge is 2.07. The second-order valence-electron chi connectivity index (χ2n) is 3.79. The summed E-state index contributed by atoms with van der Waals surface area (Å²) in [5, 5.41) is 7.96. The van der Waals surface area contributed by atoms with Crippen molar-refractivity contribution in [3.63, 3.8) is 0 Å². The van der Waals surface area contributed by atoms with Crippen molar-refractivity contribution < 1.29 is 0 Å². The van der Waals surface area contributed by atoms with Gasteiger partial charge in [0.25, 0.3) is 0 Å². The van der Waals surface area contributed by atoms with Crippen LogP contribution in [0.5, 0.6) is 0 Å². The molecule has 7 nitrogen and oxygen atoms in total. The molecular weight excluding hydrogens is 220 g/mol. The maximum atomic E-state index is 11.2. The molecule has 90 valence electrons. The fourth-order valence-electron chi connectivity index (χ4n) is 1.51. The number of hydrogen-bond donors (Lipinski definition) is 1. The highest BCUT2D eigenvalue weighted by atomic mass is 16.1. The van der Waals surface area contributed by atoms with E-state index in [0.29, 0.717) is 6.42 Å². The van der Waals surface area contributed by atoms with E-state index in [-0.39, 0.29) is 11.5 Å². The lowest BCUT2D eigenvalue weighted by Gasteiger charge is -2.04. The average molecular weight is 234 g/mol. The van der Waals surface area contributed by atoms with E-state index < -0.39 is 0 Å². The van der Waals surface area contributed by atoms with Gasteiger partial charge in [-0.05, 0) is 6.92 Å². The third kappa shape index (κ3) is 2.32. The minimum atomic E-state index is -0.358. The third-order valence-electron chi connectivity index (χ3n) is 2.48. The van der Waals surface area contributed by atoms with E-state index in [4.69, 9.17) is 5.73 Å². The first-order chi connectivity index (χ1) is 8.10. The minimum absolute atomic E-state index is 0.249. The van der Waals surface area contributed by atoms with Crippen LogP contribution >= 0.6 is 0 Å². The molecule has 17 heavy (non-hydrogen) atoms. The highest BCUT2D eigenvalue weighted by Crippen LogP contribution is 2.10. The number of rotatable bonds is 3. The number of nitrogen functional groups attached to an aromatic ring is 1. The maximum Gasteiger partial charge on any atom is 0.349 e. The van der Waals surface area contributed by atoms with Crippen molar-refractivity contribution in [2.45, 2.75) is 19.9 Å². The molecule has 0 radical (unpaired) electrons. The fraction of sp³-hybridized carbons (Fsp3) is 0.400. The van der Waals surface area contributed by atoms with Gasteiger partial charge in [-0.15, -0.1) is 5.10 Å². The summed E-state index contributed by atoms with van der Waals surface area (Å²) in [5.74, 6) is 0.249. The molecule has 2 aromatic rings. The van der Waals surface area contributed by atoms with Gasteiger partial charge >= 0.3 is 5.69 Å². The van der Waals surface area contributed by atoms with Crippen LogP contribution in [0.1, 0.15) is 18.2 Å². The van der Waals surface area contributed by atoms with Crippen molar-refractivity contribution in [3.05, 3.63) is 34.1 Å². The van der Waals surface area contributed by atoms with Gasteiger partial charge < -0.3 is 10.3 Å². The predicted molar refractivity (Wildman–Crippen MR) is 62.4 cm³/mol. The summed E-state index contributed by atoms with van der Waals surface area (Å²) in [6, 6.07) is 0. The van der Waals surface area contributed by atoms with Crippen molar-refractivity contribution in [1.29, 1.82) is 0 Å². The number of anilines is 1. The Morgan fingerprint density at radius 2 is 2.18 bits per heavy atom. The van der Waals surface area contributed by atoms with Crippen LogP contribution in [0.3, 0.4) is 0 Å². The second kappa shape index (κ2) is 4.36. The Bertz CT molecular complexity index is 585. The van der Waals surface area contributed by atoms with E-state index in [1.807, 2.05) is 13.1 Å². The molecule has 0 bridgehead atoms. The zero-order valence-electron chi connectivity index (χ0n) is 9.79. The van der Waals surface area contributed by atoms with Gasteiger partial charge in [0.15, 0.2) is 0 Å². The molecule has 0 aliphatic rings. The van der Waals surface area contributed by atoms with Crippen LogP contribution in [0.15, 0.2) is 17.2 Å². The van der Waals surface area contributed by atoms with E-state index in [0.717, 1.165) is 17.8 Å². The fourth-order valence-corrected chi connectivity index (χ4v) is 1.51. The van der Waals surface area contributed by atoms with Gasteiger partial charge in [0.05, 0.1) is 5.69 Å². The SMILES string of the molecule is CCn1cc(Cc2cn(C)c(=O)nc2N)nn1. The lowest BCUT2D eigenvalue weighted by Crippen LogP contribution is -2.22. The Kier molecular flexibility index (Phi) is 2.90. The second-order valence-corrected chi connectivity index (χ2v) is 3.79. The van der Waals surface area contributed by atoms with Crippen LogP contribution < -0.4 is 11.4 Å². The van der Waals surface area contributed by atoms with Crippen LogP contribution in [0.2, 0.25) is 0 Å². The summed E-state index contributed by atoms with van der Waals surface area (Å²) in [4.78, 5) is 15.0. The molecule has 2 aromatic heterocycles. The molecular formula is C10H14N6O. The topological polar surface area (TPSA) is 91.6 Å². The van der Waals surface area contributed by atoms with Crippen molar-refractivity contribution >= 4 is 5.82 Å². The molecule has 0 saturated heterocycles. The Morgan fingerprint density at radius 1 is 1.41 bits per heavy atom. The standard InChI is InChI=1S/C10H14N6O/c1-3-16-6-8(13-14-16)4-7-5-15(2)10(17)12-9(7)11/h5-6H,3-4H2,1-2H3,(H2,11,12,17).